The molecular formula is C15H30N2O3. The molecule has 20 heavy (non-hydrogen) atoms. The lowest BCUT2D eigenvalue weighted by Gasteiger charge is -2.29. The third-order valence-corrected chi connectivity index (χ3v) is 4.04. The molecule has 1 saturated carbocycles. The molecule has 1 rings (SSSR count). The van der Waals surface area contributed by atoms with Crippen LogP contribution >= 0.6 is 0 Å². The second-order valence-corrected chi connectivity index (χ2v) is 7.01. The first-order valence-corrected chi connectivity index (χ1v) is 7.56. The van der Waals surface area contributed by atoms with Gasteiger partial charge in [-0.2, -0.15) is 0 Å². The van der Waals surface area contributed by atoms with Gasteiger partial charge in [0, 0.05) is 26.1 Å². The van der Waals surface area contributed by atoms with E-state index in [9.17, 15) is 15.0 Å². The Morgan fingerprint density at radius 3 is 2.60 bits per heavy atom. The zero-order chi connectivity index (χ0) is 15.3. The molecule has 1 aliphatic carbocycles. The smallest absolute Gasteiger partial charge is 0.317 e. The van der Waals surface area contributed by atoms with Gasteiger partial charge in [0.1, 0.15) is 0 Å². The summed E-state index contributed by atoms with van der Waals surface area (Å²) in [5.41, 5.74) is -0.127. The summed E-state index contributed by atoms with van der Waals surface area (Å²) in [5.74, 6) is 0.205. The molecule has 0 radical (unpaired) electrons. The summed E-state index contributed by atoms with van der Waals surface area (Å²) in [6.07, 6.45) is 2.90. The van der Waals surface area contributed by atoms with Gasteiger partial charge in [0.25, 0.3) is 0 Å². The molecule has 3 atom stereocenters. The van der Waals surface area contributed by atoms with Crippen molar-refractivity contribution in [2.45, 2.75) is 58.7 Å². The van der Waals surface area contributed by atoms with E-state index < -0.39 is 0 Å². The molecule has 5 heteroatoms. The van der Waals surface area contributed by atoms with Crippen LogP contribution < -0.4 is 5.32 Å². The van der Waals surface area contributed by atoms with Crippen LogP contribution in [0.3, 0.4) is 0 Å². The van der Waals surface area contributed by atoms with E-state index in [1.165, 1.54) is 0 Å². The van der Waals surface area contributed by atoms with Crippen LogP contribution in [-0.2, 0) is 0 Å². The van der Waals surface area contributed by atoms with E-state index in [2.05, 4.69) is 5.32 Å². The monoisotopic (exact) mass is 286 g/mol. The highest BCUT2D eigenvalue weighted by molar-refractivity contribution is 5.73. The van der Waals surface area contributed by atoms with E-state index in [4.69, 9.17) is 0 Å². The quantitative estimate of drug-likeness (QED) is 0.694. The minimum Gasteiger partial charge on any atom is -0.393 e. The fraction of sp³-hybridized carbons (Fsp3) is 0.933. The van der Waals surface area contributed by atoms with Gasteiger partial charge in [-0.15, -0.1) is 0 Å². The maximum atomic E-state index is 12.0. The van der Waals surface area contributed by atoms with Gasteiger partial charge >= 0.3 is 6.03 Å². The summed E-state index contributed by atoms with van der Waals surface area (Å²) in [6, 6.07) is -0.109. The molecule has 0 aliphatic heterocycles. The normalized spacial score (nSPS) is 24.5. The number of nitrogens with one attached hydrogen (secondary N) is 1. The molecule has 118 valence electrons. The second-order valence-electron chi connectivity index (χ2n) is 7.01. The molecule has 0 saturated heterocycles. The average Bonchev–Trinajstić information content (AvgIpc) is 2.70. The fourth-order valence-electron chi connectivity index (χ4n) is 2.99. The van der Waals surface area contributed by atoms with Crippen LogP contribution in [0.2, 0.25) is 0 Å². The van der Waals surface area contributed by atoms with Gasteiger partial charge in [-0.1, -0.05) is 20.3 Å². The molecule has 0 aromatic rings. The van der Waals surface area contributed by atoms with E-state index in [-0.39, 0.29) is 29.6 Å². The van der Waals surface area contributed by atoms with Crippen LogP contribution in [0.4, 0.5) is 4.79 Å². The summed E-state index contributed by atoms with van der Waals surface area (Å²) in [6.45, 7) is 6.96. The number of hydrogen-bond acceptors (Lipinski definition) is 3. The highest BCUT2D eigenvalue weighted by Gasteiger charge is 2.28. The zero-order valence-corrected chi connectivity index (χ0v) is 13.2. The lowest BCUT2D eigenvalue weighted by molar-refractivity contribution is 0.110. The zero-order valence-electron chi connectivity index (χ0n) is 13.2. The highest BCUT2D eigenvalue weighted by atomic mass is 16.3. The maximum absolute atomic E-state index is 12.0. The summed E-state index contributed by atoms with van der Waals surface area (Å²) in [5, 5.41) is 22.1. The molecule has 0 bridgehead atoms. The van der Waals surface area contributed by atoms with Crippen LogP contribution in [0, 0.1) is 11.3 Å². The number of carbonyl (C=O) groups excluding carboxylic acids is 1. The fourth-order valence-corrected chi connectivity index (χ4v) is 2.99. The number of aliphatic hydroxyl groups excluding tert-OH is 2. The van der Waals surface area contributed by atoms with Crippen LogP contribution in [0.1, 0.15) is 46.5 Å². The van der Waals surface area contributed by atoms with Crippen molar-refractivity contribution in [2.24, 2.45) is 11.3 Å². The average molecular weight is 286 g/mol. The van der Waals surface area contributed by atoms with Crippen LogP contribution in [0.25, 0.3) is 0 Å². The molecule has 0 spiro atoms. The van der Waals surface area contributed by atoms with Gasteiger partial charge in [0.05, 0.1) is 12.2 Å². The Bertz CT molecular complexity index is 318. The molecule has 1 fully saturated rings. The largest absolute Gasteiger partial charge is 0.393 e. The number of aliphatic hydroxyl groups is 2. The lowest BCUT2D eigenvalue weighted by Crippen LogP contribution is -2.44. The number of nitrogens with zero attached hydrogens (tertiary/aromatic N) is 1. The van der Waals surface area contributed by atoms with E-state index in [1.54, 1.807) is 18.9 Å². The number of rotatable bonds is 6. The van der Waals surface area contributed by atoms with Crippen molar-refractivity contribution in [2.75, 3.05) is 20.1 Å². The summed E-state index contributed by atoms with van der Waals surface area (Å²) >= 11 is 0. The standard InChI is InChI=1S/C15H30N2O3/c1-11(18)8-15(2,3)10-16-14(20)17(4)9-12-6-5-7-13(12)19/h11-13,18-19H,5-10H2,1-4H3,(H,16,20). The number of hydrogen-bond donors (Lipinski definition) is 3. The van der Waals surface area contributed by atoms with Crippen molar-refractivity contribution in [3.05, 3.63) is 0 Å². The topological polar surface area (TPSA) is 72.8 Å². The first kappa shape index (κ1) is 17.2. The Hall–Kier alpha value is -0.810. The minimum absolute atomic E-state index is 0.109. The molecule has 3 N–H and O–H groups in total. The molecule has 0 heterocycles. The Kier molecular flexibility index (Phi) is 6.27. The van der Waals surface area contributed by atoms with Crippen LogP contribution in [0.15, 0.2) is 0 Å². The van der Waals surface area contributed by atoms with E-state index in [0.29, 0.717) is 19.5 Å². The van der Waals surface area contributed by atoms with Crippen LogP contribution in [0.5, 0.6) is 0 Å². The van der Waals surface area contributed by atoms with Gasteiger partial charge in [0.15, 0.2) is 0 Å². The number of carbonyl (C=O) groups is 1. The SMILES string of the molecule is CC(O)CC(C)(C)CNC(=O)N(C)CC1CCCC1O. The van der Waals surface area contributed by atoms with E-state index in [0.717, 1.165) is 19.3 Å². The van der Waals surface area contributed by atoms with Crippen molar-refractivity contribution >= 4 is 6.03 Å². The van der Waals surface area contributed by atoms with Crippen molar-refractivity contribution < 1.29 is 15.0 Å². The van der Waals surface area contributed by atoms with Gasteiger partial charge in [-0.25, -0.2) is 4.79 Å². The molecular weight excluding hydrogens is 256 g/mol. The molecule has 0 aromatic heterocycles. The molecule has 2 amide bonds. The predicted molar refractivity (Wildman–Crippen MR) is 79.5 cm³/mol. The second kappa shape index (κ2) is 7.27. The van der Waals surface area contributed by atoms with Crippen molar-refractivity contribution in [1.29, 1.82) is 0 Å². The number of amides is 2. The first-order chi connectivity index (χ1) is 9.21. The highest BCUT2D eigenvalue weighted by Crippen LogP contribution is 2.26. The van der Waals surface area contributed by atoms with E-state index >= 15 is 0 Å². The third-order valence-electron chi connectivity index (χ3n) is 4.04. The molecule has 5 nitrogen and oxygen atoms in total. The lowest BCUT2D eigenvalue weighted by atomic mass is 9.87. The van der Waals surface area contributed by atoms with Crippen molar-refractivity contribution in [1.82, 2.24) is 10.2 Å². The molecule has 1 aliphatic rings. The summed E-state index contributed by atoms with van der Waals surface area (Å²) < 4.78 is 0. The number of urea groups is 1. The van der Waals surface area contributed by atoms with Gasteiger partial charge < -0.3 is 20.4 Å². The van der Waals surface area contributed by atoms with Crippen LogP contribution in [-0.4, -0.2) is 53.5 Å². The van der Waals surface area contributed by atoms with Crippen molar-refractivity contribution in [3.8, 4) is 0 Å². The van der Waals surface area contributed by atoms with E-state index in [1.807, 2.05) is 13.8 Å². The Morgan fingerprint density at radius 1 is 1.45 bits per heavy atom. The summed E-state index contributed by atoms with van der Waals surface area (Å²) in [7, 11) is 1.77. The van der Waals surface area contributed by atoms with Gasteiger partial charge in [-0.05, 0) is 31.6 Å². The minimum atomic E-state index is -0.367. The Morgan fingerprint density at radius 2 is 2.10 bits per heavy atom. The Balaban J connectivity index is 2.34. The third kappa shape index (κ3) is 5.67. The van der Waals surface area contributed by atoms with Gasteiger partial charge in [0.2, 0.25) is 0 Å². The summed E-state index contributed by atoms with van der Waals surface area (Å²) in [4.78, 5) is 13.7. The van der Waals surface area contributed by atoms with Crippen molar-refractivity contribution in [3.63, 3.8) is 0 Å². The molecule has 0 aromatic carbocycles. The van der Waals surface area contributed by atoms with Gasteiger partial charge in [-0.3, -0.25) is 0 Å². The Labute approximate surface area is 122 Å². The molecule has 3 unspecified atom stereocenters. The predicted octanol–water partition coefficient (Wildman–Crippen LogP) is 1.59. The maximum Gasteiger partial charge on any atom is 0.317 e. The first-order valence-electron chi connectivity index (χ1n) is 7.56.